The summed E-state index contributed by atoms with van der Waals surface area (Å²) in [5.41, 5.74) is 4.22. The standard InChI is InChI=1S/C13H12N6/c14-19-12-8-15-7-11(18-12)17-10-5-1-3-9-4-2-6-16-13(9)10/h1-8H,14H2,(H2,17,18,19). The highest BCUT2D eigenvalue weighted by Crippen LogP contribution is 2.23. The molecule has 0 unspecified atom stereocenters. The van der Waals surface area contributed by atoms with Crippen LogP contribution in [-0.2, 0) is 0 Å². The fraction of sp³-hybridized carbons (Fsp3) is 0. The first kappa shape index (κ1) is 11.4. The molecule has 0 bridgehead atoms. The number of fused-ring (bicyclic) bond motifs is 1. The van der Waals surface area contributed by atoms with Crippen molar-refractivity contribution in [1.29, 1.82) is 0 Å². The van der Waals surface area contributed by atoms with Crippen LogP contribution in [0, 0.1) is 0 Å². The molecule has 3 rings (SSSR count). The number of nitrogens with two attached hydrogens (primary N) is 1. The maximum Gasteiger partial charge on any atom is 0.160 e. The van der Waals surface area contributed by atoms with Gasteiger partial charge in [0.15, 0.2) is 11.6 Å². The Bertz CT molecular complexity index is 707. The normalized spacial score (nSPS) is 10.4. The number of hydrogen-bond acceptors (Lipinski definition) is 6. The summed E-state index contributed by atoms with van der Waals surface area (Å²) in [6.45, 7) is 0. The van der Waals surface area contributed by atoms with Gasteiger partial charge in [-0.2, -0.15) is 0 Å². The molecule has 4 N–H and O–H groups in total. The number of pyridine rings is 1. The van der Waals surface area contributed by atoms with Gasteiger partial charge in [0, 0.05) is 11.6 Å². The molecule has 0 spiro atoms. The number of aromatic nitrogens is 3. The Balaban J connectivity index is 2.01. The van der Waals surface area contributed by atoms with E-state index < -0.39 is 0 Å². The first-order chi connectivity index (χ1) is 9.36. The minimum absolute atomic E-state index is 0.498. The van der Waals surface area contributed by atoms with Crippen LogP contribution >= 0.6 is 0 Å². The molecule has 6 heteroatoms. The molecule has 0 aliphatic carbocycles. The third-order valence-corrected chi connectivity index (χ3v) is 2.68. The molecule has 0 aliphatic heterocycles. The van der Waals surface area contributed by atoms with E-state index in [1.165, 1.54) is 0 Å². The van der Waals surface area contributed by atoms with Gasteiger partial charge in [-0.15, -0.1) is 0 Å². The summed E-state index contributed by atoms with van der Waals surface area (Å²) in [6, 6.07) is 9.84. The van der Waals surface area contributed by atoms with Gasteiger partial charge in [0.2, 0.25) is 0 Å². The monoisotopic (exact) mass is 252 g/mol. The predicted octanol–water partition coefficient (Wildman–Crippen LogP) is 2.05. The molecule has 2 heterocycles. The zero-order valence-corrected chi connectivity index (χ0v) is 10.0. The second-order valence-electron chi connectivity index (χ2n) is 3.94. The van der Waals surface area contributed by atoms with Gasteiger partial charge in [-0.25, -0.2) is 10.8 Å². The van der Waals surface area contributed by atoms with Crippen LogP contribution in [0.25, 0.3) is 10.9 Å². The quantitative estimate of drug-likeness (QED) is 0.488. The molecule has 2 aromatic heterocycles. The largest absolute Gasteiger partial charge is 0.337 e. The van der Waals surface area contributed by atoms with Gasteiger partial charge >= 0.3 is 0 Å². The summed E-state index contributed by atoms with van der Waals surface area (Å²) >= 11 is 0. The highest BCUT2D eigenvalue weighted by Gasteiger charge is 2.03. The van der Waals surface area contributed by atoms with Gasteiger partial charge < -0.3 is 10.7 Å². The Labute approximate surface area is 109 Å². The van der Waals surface area contributed by atoms with E-state index in [-0.39, 0.29) is 0 Å². The predicted molar refractivity (Wildman–Crippen MR) is 74.9 cm³/mol. The van der Waals surface area contributed by atoms with Crippen LogP contribution in [0.1, 0.15) is 0 Å². The number of nitrogens with one attached hydrogen (secondary N) is 2. The van der Waals surface area contributed by atoms with E-state index in [4.69, 9.17) is 5.84 Å². The molecule has 0 radical (unpaired) electrons. The van der Waals surface area contributed by atoms with Crippen molar-refractivity contribution in [3.05, 3.63) is 48.9 Å². The molecule has 19 heavy (non-hydrogen) atoms. The molecule has 1 aromatic carbocycles. The van der Waals surface area contributed by atoms with Crippen LogP contribution in [0.3, 0.4) is 0 Å². The Morgan fingerprint density at radius 3 is 2.74 bits per heavy atom. The summed E-state index contributed by atoms with van der Waals surface area (Å²) in [7, 11) is 0. The Hall–Kier alpha value is -2.73. The SMILES string of the molecule is NNc1cncc(Nc2cccc3cccnc23)n1. The van der Waals surface area contributed by atoms with Crippen molar-refractivity contribution >= 4 is 28.2 Å². The molecule has 0 fully saturated rings. The topological polar surface area (TPSA) is 88.8 Å². The zero-order chi connectivity index (χ0) is 13.1. The number of rotatable bonds is 3. The lowest BCUT2D eigenvalue weighted by Crippen LogP contribution is -2.09. The minimum Gasteiger partial charge on any atom is -0.337 e. The summed E-state index contributed by atoms with van der Waals surface area (Å²) in [5, 5.41) is 4.25. The number of hydrogen-bond donors (Lipinski definition) is 3. The Morgan fingerprint density at radius 2 is 1.84 bits per heavy atom. The van der Waals surface area contributed by atoms with E-state index in [0.29, 0.717) is 11.6 Å². The first-order valence-electron chi connectivity index (χ1n) is 5.76. The molecular weight excluding hydrogens is 240 g/mol. The average molecular weight is 252 g/mol. The van der Waals surface area contributed by atoms with Gasteiger partial charge in [0.1, 0.15) is 0 Å². The molecular formula is C13H12N6. The number of hydrazine groups is 1. The van der Waals surface area contributed by atoms with Crippen molar-refractivity contribution in [3.63, 3.8) is 0 Å². The maximum absolute atomic E-state index is 5.31. The number of nitrogens with zero attached hydrogens (tertiary/aromatic N) is 3. The van der Waals surface area contributed by atoms with Gasteiger partial charge in [-0.05, 0) is 12.1 Å². The lowest BCUT2D eigenvalue weighted by atomic mass is 10.2. The third kappa shape index (κ3) is 2.29. The molecule has 3 aromatic rings. The number of benzene rings is 1. The fourth-order valence-electron chi connectivity index (χ4n) is 1.84. The molecule has 0 saturated carbocycles. The van der Waals surface area contributed by atoms with Crippen molar-refractivity contribution in [2.75, 3.05) is 10.7 Å². The van der Waals surface area contributed by atoms with Gasteiger partial charge in [0.05, 0.1) is 23.6 Å². The number of para-hydroxylation sites is 1. The third-order valence-electron chi connectivity index (χ3n) is 2.68. The van der Waals surface area contributed by atoms with Crippen molar-refractivity contribution in [3.8, 4) is 0 Å². The van der Waals surface area contributed by atoms with Crippen LogP contribution in [0.15, 0.2) is 48.9 Å². The summed E-state index contributed by atoms with van der Waals surface area (Å²) in [6.07, 6.45) is 4.94. The first-order valence-corrected chi connectivity index (χ1v) is 5.76. The highest BCUT2D eigenvalue weighted by atomic mass is 15.3. The smallest absolute Gasteiger partial charge is 0.160 e. The fourth-order valence-corrected chi connectivity index (χ4v) is 1.84. The molecule has 0 amide bonds. The van der Waals surface area contributed by atoms with E-state index in [0.717, 1.165) is 16.6 Å². The van der Waals surface area contributed by atoms with Crippen molar-refractivity contribution in [1.82, 2.24) is 15.0 Å². The molecule has 94 valence electrons. The van der Waals surface area contributed by atoms with Crippen molar-refractivity contribution < 1.29 is 0 Å². The van der Waals surface area contributed by atoms with Gasteiger partial charge in [-0.1, -0.05) is 18.2 Å². The second kappa shape index (κ2) is 4.87. The van der Waals surface area contributed by atoms with E-state index in [9.17, 15) is 0 Å². The van der Waals surface area contributed by atoms with E-state index in [2.05, 4.69) is 25.7 Å². The van der Waals surface area contributed by atoms with Crippen LogP contribution < -0.4 is 16.6 Å². The maximum atomic E-state index is 5.31. The van der Waals surface area contributed by atoms with E-state index in [1.807, 2.05) is 30.3 Å². The molecule has 0 atom stereocenters. The number of nitrogen functional groups attached to an aromatic ring is 1. The lowest BCUT2D eigenvalue weighted by molar-refractivity contribution is 1.16. The van der Waals surface area contributed by atoms with E-state index in [1.54, 1.807) is 18.6 Å². The highest BCUT2D eigenvalue weighted by molar-refractivity contribution is 5.91. The van der Waals surface area contributed by atoms with Gasteiger partial charge in [0.25, 0.3) is 0 Å². The van der Waals surface area contributed by atoms with Crippen LogP contribution in [0.5, 0.6) is 0 Å². The second-order valence-corrected chi connectivity index (χ2v) is 3.94. The summed E-state index contributed by atoms with van der Waals surface area (Å²) < 4.78 is 0. The molecule has 0 aliphatic rings. The van der Waals surface area contributed by atoms with Crippen LogP contribution in [0.2, 0.25) is 0 Å². The van der Waals surface area contributed by atoms with Crippen molar-refractivity contribution in [2.45, 2.75) is 0 Å². The zero-order valence-electron chi connectivity index (χ0n) is 10.0. The summed E-state index contributed by atoms with van der Waals surface area (Å²) in [5.74, 6) is 6.41. The molecule has 6 nitrogen and oxygen atoms in total. The Kier molecular flexibility index (Phi) is 2.91. The summed E-state index contributed by atoms with van der Waals surface area (Å²) in [4.78, 5) is 12.7. The lowest BCUT2D eigenvalue weighted by Gasteiger charge is -2.08. The van der Waals surface area contributed by atoms with Crippen LogP contribution in [0.4, 0.5) is 17.3 Å². The van der Waals surface area contributed by atoms with Crippen molar-refractivity contribution in [2.24, 2.45) is 5.84 Å². The Morgan fingerprint density at radius 1 is 1.00 bits per heavy atom. The van der Waals surface area contributed by atoms with Crippen LogP contribution in [-0.4, -0.2) is 15.0 Å². The van der Waals surface area contributed by atoms with E-state index >= 15 is 0 Å². The van der Waals surface area contributed by atoms with Gasteiger partial charge in [-0.3, -0.25) is 9.97 Å². The minimum atomic E-state index is 0.498. The number of anilines is 3. The molecule has 0 saturated heterocycles. The average Bonchev–Trinajstić information content (AvgIpc) is 2.48.